The zero-order chi connectivity index (χ0) is 12.7. The van der Waals surface area contributed by atoms with E-state index >= 15 is 0 Å². The van der Waals surface area contributed by atoms with E-state index in [-0.39, 0.29) is 0 Å². The van der Waals surface area contributed by atoms with Crippen LogP contribution in [0.1, 0.15) is 16.3 Å². The van der Waals surface area contributed by atoms with Gasteiger partial charge in [-0.1, -0.05) is 0 Å². The lowest BCUT2D eigenvalue weighted by atomic mass is 10.3. The molecule has 0 unspecified atom stereocenters. The van der Waals surface area contributed by atoms with Crippen LogP contribution in [0.2, 0.25) is 0 Å². The van der Waals surface area contributed by atoms with Gasteiger partial charge in [-0.25, -0.2) is 9.97 Å². The van der Waals surface area contributed by atoms with E-state index in [1.807, 2.05) is 30.0 Å². The standard InChI is InChI=1S/C12H12N4S2/c1-7-3-9-11(13-4-7)16(12(17)15-9)5-10-14-8(2)6-18-10/h3-4,6H,5H2,1-2H3,(H,15,17). The van der Waals surface area contributed by atoms with Crippen LogP contribution < -0.4 is 0 Å². The van der Waals surface area contributed by atoms with Gasteiger partial charge in [-0.15, -0.1) is 11.3 Å². The van der Waals surface area contributed by atoms with E-state index in [9.17, 15) is 0 Å². The topological polar surface area (TPSA) is 46.5 Å². The van der Waals surface area contributed by atoms with Gasteiger partial charge in [0, 0.05) is 17.3 Å². The summed E-state index contributed by atoms with van der Waals surface area (Å²) in [5.74, 6) is 0. The number of fused-ring (bicyclic) bond motifs is 1. The molecule has 0 radical (unpaired) electrons. The number of H-pyrrole nitrogens is 1. The molecule has 3 aromatic heterocycles. The second kappa shape index (κ2) is 4.29. The molecule has 0 amide bonds. The van der Waals surface area contributed by atoms with E-state index in [1.54, 1.807) is 11.3 Å². The Labute approximate surface area is 113 Å². The van der Waals surface area contributed by atoms with Crippen molar-refractivity contribution in [3.63, 3.8) is 0 Å². The van der Waals surface area contributed by atoms with Gasteiger partial charge >= 0.3 is 0 Å². The summed E-state index contributed by atoms with van der Waals surface area (Å²) in [6.07, 6.45) is 1.86. The summed E-state index contributed by atoms with van der Waals surface area (Å²) >= 11 is 6.99. The van der Waals surface area contributed by atoms with Gasteiger partial charge in [-0.2, -0.15) is 0 Å². The van der Waals surface area contributed by atoms with Crippen LogP contribution in [0.3, 0.4) is 0 Å². The minimum atomic E-state index is 0.674. The van der Waals surface area contributed by atoms with Gasteiger partial charge in [0.15, 0.2) is 10.4 Å². The van der Waals surface area contributed by atoms with Gasteiger partial charge in [0.1, 0.15) is 5.01 Å². The van der Waals surface area contributed by atoms with Gasteiger partial charge in [0.25, 0.3) is 0 Å². The zero-order valence-electron chi connectivity index (χ0n) is 10.1. The molecular weight excluding hydrogens is 264 g/mol. The number of aryl methyl sites for hydroxylation is 2. The Balaban J connectivity index is 2.11. The van der Waals surface area contributed by atoms with Crippen LogP contribution in [0.15, 0.2) is 17.6 Å². The van der Waals surface area contributed by atoms with Gasteiger partial charge < -0.3 is 4.98 Å². The number of hydrogen-bond donors (Lipinski definition) is 1. The first kappa shape index (κ1) is 11.6. The zero-order valence-corrected chi connectivity index (χ0v) is 11.7. The highest BCUT2D eigenvalue weighted by Crippen LogP contribution is 2.16. The lowest BCUT2D eigenvalue weighted by Crippen LogP contribution is -2.00. The number of aromatic amines is 1. The molecule has 3 aromatic rings. The van der Waals surface area contributed by atoms with Gasteiger partial charge in [0.2, 0.25) is 0 Å². The summed E-state index contributed by atoms with van der Waals surface area (Å²) in [4.78, 5) is 12.1. The molecule has 0 aliphatic heterocycles. The maximum Gasteiger partial charge on any atom is 0.179 e. The van der Waals surface area contributed by atoms with E-state index in [0.29, 0.717) is 11.3 Å². The minimum absolute atomic E-state index is 0.674. The molecule has 0 spiro atoms. The van der Waals surface area contributed by atoms with Crippen molar-refractivity contribution in [2.24, 2.45) is 0 Å². The van der Waals surface area contributed by atoms with Crippen molar-refractivity contribution >= 4 is 34.7 Å². The summed E-state index contributed by atoms with van der Waals surface area (Å²) in [6, 6.07) is 2.06. The highest BCUT2D eigenvalue weighted by Gasteiger charge is 2.08. The number of rotatable bonds is 2. The predicted molar refractivity (Wildman–Crippen MR) is 75.6 cm³/mol. The van der Waals surface area contributed by atoms with Crippen LogP contribution in [0.25, 0.3) is 11.2 Å². The Hall–Kier alpha value is -1.53. The summed E-state index contributed by atoms with van der Waals surface area (Å²) in [5.41, 5.74) is 4.04. The molecule has 0 atom stereocenters. The van der Waals surface area contributed by atoms with Crippen molar-refractivity contribution in [1.82, 2.24) is 19.5 Å². The van der Waals surface area contributed by atoms with E-state index in [2.05, 4.69) is 21.0 Å². The fourth-order valence-electron chi connectivity index (χ4n) is 1.91. The summed E-state index contributed by atoms with van der Waals surface area (Å²) in [5, 5.41) is 3.10. The normalized spacial score (nSPS) is 11.2. The third-order valence-electron chi connectivity index (χ3n) is 2.71. The van der Waals surface area contributed by atoms with Crippen molar-refractivity contribution in [2.75, 3.05) is 0 Å². The Morgan fingerprint density at radius 1 is 1.44 bits per heavy atom. The van der Waals surface area contributed by atoms with Crippen molar-refractivity contribution in [2.45, 2.75) is 20.4 Å². The van der Waals surface area contributed by atoms with Crippen LogP contribution in [-0.4, -0.2) is 19.5 Å². The first-order valence-electron chi connectivity index (χ1n) is 5.59. The number of nitrogens with one attached hydrogen (secondary N) is 1. The number of aromatic nitrogens is 4. The number of nitrogens with zero attached hydrogens (tertiary/aromatic N) is 3. The Morgan fingerprint density at radius 3 is 3.00 bits per heavy atom. The van der Waals surface area contributed by atoms with E-state index < -0.39 is 0 Å². The number of thiazole rings is 1. The van der Waals surface area contributed by atoms with E-state index in [0.717, 1.165) is 27.4 Å². The molecule has 0 saturated carbocycles. The molecule has 0 aromatic carbocycles. The second-order valence-corrected chi connectivity index (χ2v) is 5.61. The lowest BCUT2D eigenvalue weighted by molar-refractivity contribution is 0.791. The molecule has 0 saturated heterocycles. The molecule has 4 nitrogen and oxygen atoms in total. The van der Waals surface area contributed by atoms with Gasteiger partial charge in [-0.05, 0) is 37.7 Å². The third kappa shape index (κ3) is 1.97. The Kier molecular flexibility index (Phi) is 2.76. The molecule has 0 fully saturated rings. The van der Waals surface area contributed by atoms with Crippen LogP contribution >= 0.6 is 23.6 Å². The maximum absolute atomic E-state index is 5.35. The summed E-state index contributed by atoms with van der Waals surface area (Å²) < 4.78 is 2.68. The van der Waals surface area contributed by atoms with Crippen LogP contribution in [0.4, 0.5) is 0 Å². The van der Waals surface area contributed by atoms with Crippen LogP contribution in [0.5, 0.6) is 0 Å². The monoisotopic (exact) mass is 276 g/mol. The number of imidazole rings is 1. The van der Waals surface area contributed by atoms with E-state index in [1.165, 1.54) is 0 Å². The second-order valence-electron chi connectivity index (χ2n) is 4.28. The SMILES string of the molecule is Cc1cnc2c(c1)[nH]c(=S)n2Cc1nc(C)cs1. The lowest BCUT2D eigenvalue weighted by Gasteiger charge is -2.00. The molecule has 0 aliphatic rings. The van der Waals surface area contributed by atoms with Crippen molar-refractivity contribution < 1.29 is 0 Å². The molecule has 3 heterocycles. The molecule has 3 rings (SSSR count). The summed E-state index contributed by atoms with van der Waals surface area (Å²) in [7, 11) is 0. The number of pyridine rings is 1. The molecule has 92 valence electrons. The van der Waals surface area contributed by atoms with Crippen molar-refractivity contribution in [1.29, 1.82) is 0 Å². The van der Waals surface area contributed by atoms with Gasteiger partial charge in [0.05, 0.1) is 12.1 Å². The average molecular weight is 276 g/mol. The molecule has 6 heteroatoms. The highest BCUT2D eigenvalue weighted by molar-refractivity contribution is 7.71. The van der Waals surface area contributed by atoms with Gasteiger partial charge in [-0.3, -0.25) is 4.57 Å². The first-order chi connectivity index (χ1) is 8.63. The maximum atomic E-state index is 5.35. The Morgan fingerprint density at radius 2 is 2.28 bits per heavy atom. The molecule has 0 bridgehead atoms. The summed E-state index contributed by atoms with van der Waals surface area (Å²) in [6.45, 7) is 4.69. The minimum Gasteiger partial charge on any atom is -0.329 e. The van der Waals surface area contributed by atoms with Crippen molar-refractivity contribution in [3.05, 3.63) is 38.7 Å². The van der Waals surface area contributed by atoms with Crippen molar-refractivity contribution in [3.8, 4) is 0 Å². The quantitative estimate of drug-likeness (QED) is 0.731. The third-order valence-corrected chi connectivity index (χ3v) is 3.98. The average Bonchev–Trinajstić information content (AvgIpc) is 2.84. The fourth-order valence-corrected chi connectivity index (χ4v) is 2.93. The predicted octanol–water partition coefficient (Wildman–Crippen LogP) is 3.22. The highest BCUT2D eigenvalue weighted by atomic mass is 32.1. The Bertz CT molecular complexity index is 766. The smallest absolute Gasteiger partial charge is 0.179 e. The molecule has 1 N–H and O–H groups in total. The fraction of sp³-hybridized carbons (Fsp3) is 0.250. The largest absolute Gasteiger partial charge is 0.329 e. The first-order valence-corrected chi connectivity index (χ1v) is 6.88. The molecule has 18 heavy (non-hydrogen) atoms. The van der Waals surface area contributed by atoms with Crippen LogP contribution in [0, 0.1) is 18.6 Å². The van der Waals surface area contributed by atoms with Crippen LogP contribution in [-0.2, 0) is 6.54 Å². The molecule has 0 aliphatic carbocycles. The number of hydrogen-bond acceptors (Lipinski definition) is 4. The van der Waals surface area contributed by atoms with E-state index in [4.69, 9.17) is 12.2 Å². The molecular formula is C12H12N4S2.